The van der Waals surface area contributed by atoms with Gasteiger partial charge in [-0.2, -0.15) is 9.97 Å². The molecule has 0 spiro atoms. The summed E-state index contributed by atoms with van der Waals surface area (Å²) in [6.07, 6.45) is -8.15. The van der Waals surface area contributed by atoms with E-state index in [0.717, 1.165) is 16.7 Å². The quantitative estimate of drug-likeness (QED) is 0.00911. The first-order valence-electron chi connectivity index (χ1n) is 42.9. The van der Waals surface area contributed by atoms with E-state index in [1.54, 1.807) is 43.5 Å². The van der Waals surface area contributed by atoms with E-state index in [2.05, 4.69) is 58.3 Å². The molecule has 130 heavy (non-hydrogen) atoms. The maximum absolute atomic E-state index is 14.9. The van der Waals surface area contributed by atoms with E-state index in [4.69, 9.17) is 70.1 Å². The summed E-state index contributed by atoms with van der Waals surface area (Å²) in [5.41, 5.74) is 1.92. The van der Waals surface area contributed by atoms with E-state index in [9.17, 15) is 38.1 Å². The number of phosphoric acid groups is 2. The number of hydrogen-bond donors (Lipinski definition) is 6. The zero-order valence-corrected chi connectivity index (χ0v) is 79.3. The number of aromatic nitrogens is 8. The molecule has 14 rings (SSSR count). The minimum atomic E-state index is -5.50. The highest BCUT2D eigenvalue weighted by Gasteiger charge is 2.59. The van der Waals surface area contributed by atoms with Crippen LogP contribution in [0.15, 0.2) is 241 Å². The number of benzene rings is 8. The Morgan fingerprint density at radius 2 is 0.792 bits per heavy atom. The second-order valence-corrected chi connectivity index (χ2v) is 48.3. The highest BCUT2D eigenvalue weighted by molar-refractivity contribution is 7.48. The molecule has 0 saturated carbocycles. The normalized spacial score (nSPS) is 19.2. The fourth-order valence-corrected chi connectivity index (χ4v) is 19.1. The third kappa shape index (κ3) is 21.2. The summed E-state index contributed by atoms with van der Waals surface area (Å²) in [5, 5.41) is 4.30. The van der Waals surface area contributed by atoms with Crippen molar-refractivity contribution >= 4 is 78.3 Å². The van der Waals surface area contributed by atoms with E-state index in [-0.39, 0.29) is 46.1 Å². The SMILES string of the molecule is COc1ccc(C(O[C@@H]2C(COP(=O)(O)OCOP(=O)(O)OCC3O[C@@H](n4cnc5c(=O)[nH]c(NC(=O)COc6ccc(C(C)C)cc6)nc54)[C@H](O[Si](C)(C)C(C)(C)C)[C@@H]3OC(c3ccccc3)(c3ccccc3)c3ccc(C)cc3)O[C@@H](n3cnc4c(=O)[nH]c(NC(=O)COc5ccc(C(C)C)cc5)nc43)[C@@H]2O[Si](C)(C)C(C)(C)C)(c2ccccc2)c2ccccc2)cc1. The van der Waals surface area contributed by atoms with Crippen molar-refractivity contribution in [1.82, 2.24) is 39.0 Å². The van der Waals surface area contributed by atoms with Crippen molar-refractivity contribution in [3.63, 3.8) is 0 Å². The van der Waals surface area contributed by atoms with Crippen molar-refractivity contribution in [2.75, 3.05) is 51.0 Å². The molecule has 10 atom stereocenters. The summed E-state index contributed by atoms with van der Waals surface area (Å²) in [5.74, 6) is 0.142. The highest BCUT2D eigenvalue weighted by Crippen LogP contribution is 2.55. The van der Waals surface area contributed by atoms with Crippen LogP contribution in [0.2, 0.25) is 36.3 Å². The number of nitrogens with zero attached hydrogens (tertiary/aromatic N) is 6. The van der Waals surface area contributed by atoms with E-state index in [1.807, 2.05) is 257 Å². The van der Waals surface area contributed by atoms with Crippen LogP contribution in [0.25, 0.3) is 22.3 Å². The van der Waals surface area contributed by atoms with E-state index in [1.165, 1.54) is 21.8 Å². The largest absolute Gasteiger partial charge is 0.497 e. The number of carbonyl (C=O) groups is 2. The van der Waals surface area contributed by atoms with Gasteiger partial charge in [-0.1, -0.05) is 257 Å². The van der Waals surface area contributed by atoms with Gasteiger partial charge in [-0.05, 0) is 136 Å². The molecule has 2 amide bonds. The number of carbonyl (C=O) groups excluding carboxylic acids is 2. The lowest BCUT2D eigenvalue weighted by atomic mass is 9.79. The molecule has 2 fully saturated rings. The smallest absolute Gasteiger partial charge is 0.474 e. The number of phosphoric ester groups is 2. The maximum atomic E-state index is 14.9. The summed E-state index contributed by atoms with van der Waals surface area (Å²) in [7, 11) is -15.6. The lowest BCUT2D eigenvalue weighted by Gasteiger charge is -2.44. The number of anilines is 2. The molecule has 35 heteroatoms. The Kier molecular flexibility index (Phi) is 28.8. The molecule has 6 N–H and O–H groups in total. The van der Waals surface area contributed by atoms with Crippen LogP contribution >= 0.6 is 15.6 Å². The molecule has 2 aliphatic heterocycles. The first-order valence-corrected chi connectivity index (χ1v) is 51.8. The van der Waals surface area contributed by atoms with E-state index < -0.39 is 159 Å². The number of amides is 2. The Hall–Kier alpha value is -10.8. The molecule has 2 aliphatic rings. The summed E-state index contributed by atoms with van der Waals surface area (Å²) in [6.45, 7) is 26.6. The number of fused-ring (bicyclic) bond motifs is 2. The van der Waals surface area contributed by atoms with Crippen molar-refractivity contribution in [3.8, 4) is 17.2 Å². The third-order valence-corrected chi connectivity index (χ3v) is 35.1. The number of aryl methyl sites for hydroxylation is 1. The van der Waals surface area contributed by atoms with Gasteiger partial charge in [-0.3, -0.25) is 67.0 Å². The van der Waals surface area contributed by atoms with Gasteiger partial charge in [0.25, 0.3) is 22.9 Å². The Morgan fingerprint density at radius 1 is 0.469 bits per heavy atom. The van der Waals surface area contributed by atoms with Gasteiger partial charge in [0.1, 0.15) is 65.1 Å². The van der Waals surface area contributed by atoms with Gasteiger partial charge < -0.3 is 51.8 Å². The van der Waals surface area contributed by atoms with Gasteiger partial charge >= 0.3 is 15.6 Å². The molecule has 12 aromatic rings. The summed E-state index contributed by atoms with van der Waals surface area (Å²) in [4.78, 5) is 104. The molecule has 4 aromatic heterocycles. The number of aromatic amines is 2. The van der Waals surface area contributed by atoms with Gasteiger partial charge in [0.15, 0.2) is 71.4 Å². The Bertz CT molecular complexity index is 6050. The molecular formula is C95H112N10O21P2Si2. The fraction of sp³-hybridized carbons (Fsp3) is 0.368. The number of ether oxygens (including phenoxy) is 7. The number of H-pyrrole nitrogens is 2. The van der Waals surface area contributed by atoms with Crippen LogP contribution in [-0.4, -0.2) is 154 Å². The molecular weight excluding hydrogens is 1740 g/mol. The number of rotatable bonds is 37. The van der Waals surface area contributed by atoms with Gasteiger partial charge in [-0.25, -0.2) is 19.1 Å². The van der Waals surface area contributed by atoms with Crippen molar-refractivity contribution in [2.24, 2.45) is 0 Å². The summed E-state index contributed by atoms with van der Waals surface area (Å²) >= 11 is 0. The second-order valence-electron chi connectivity index (χ2n) is 35.9. The van der Waals surface area contributed by atoms with Crippen LogP contribution in [0.4, 0.5) is 11.9 Å². The average molecular weight is 1850 g/mol. The number of methoxy groups -OCH3 is 1. The van der Waals surface area contributed by atoms with Crippen LogP contribution < -0.4 is 36.0 Å². The molecule has 8 aromatic carbocycles. The molecule has 0 aliphatic carbocycles. The second kappa shape index (κ2) is 39.3. The minimum Gasteiger partial charge on any atom is -0.497 e. The van der Waals surface area contributed by atoms with Crippen LogP contribution in [0.1, 0.15) is 144 Å². The van der Waals surface area contributed by atoms with Crippen LogP contribution in [0.5, 0.6) is 17.2 Å². The predicted octanol–water partition coefficient (Wildman–Crippen LogP) is 17.4. The van der Waals surface area contributed by atoms with Gasteiger partial charge in [0.2, 0.25) is 11.9 Å². The molecule has 0 bridgehead atoms. The van der Waals surface area contributed by atoms with Crippen LogP contribution in [-0.2, 0) is 75.8 Å². The van der Waals surface area contributed by atoms with Crippen molar-refractivity contribution in [2.45, 2.75) is 185 Å². The lowest BCUT2D eigenvalue weighted by Crippen LogP contribution is -2.52. The standard InChI is InChI=1S/C95H112N10O21P2Si2/c1-60(2)63-39-47-72(48-40-63)115-55-76(106)98-90-100-84-78(86(108)102-90)96-57-104(84)88-82(125-129(13,14)92(6,7)8)80(123-94(65-29-21-17-22-30-65,66-31-23-18-24-32-66)69-43-37-62(5)38-44-69)74(121-88)53-117-127(110,111)119-59-120-128(112,113)118-54-75-81(124-95(67-33-25-19-26-34-67,68-35-27-20-28-36-68)70-45-51-71(114-12)52-46-70)83(126-130(15,16)93(9,10)11)89(122-75)105-58-97-79-85(105)101-91(103-87(79)109)99-77(107)56-116-73-49-41-64(42-50-73)61(3)4/h17-52,57-58,60-61,74-75,80-83,88-89H,53-56,59H2,1-16H3,(H,110,111)(H,112,113)(H2,98,100,102,106,108)(H2,99,101,103,107,109)/t74?,75?,80-,81-,82-,83-,88-,89-/m1/s1. The minimum absolute atomic E-state index is 0.0632. The summed E-state index contributed by atoms with van der Waals surface area (Å²) < 4.78 is 118. The predicted molar refractivity (Wildman–Crippen MR) is 496 cm³/mol. The monoisotopic (exact) mass is 1850 g/mol. The third-order valence-electron chi connectivity index (χ3n) is 24.3. The maximum Gasteiger partial charge on any atom is 0.474 e. The summed E-state index contributed by atoms with van der Waals surface area (Å²) in [6, 6.07) is 67.6. The number of hydrogen-bond acceptors (Lipinski definition) is 23. The van der Waals surface area contributed by atoms with Crippen molar-refractivity contribution in [1.29, 1.82) is 0 Å². The zero-order chi connectivity index (χ0) is 92.9. The molecule has 4 unspecified atom stereocenters. The highest BCUT2D eigenvalue weighted by atomic mass is 31.2. The van der Waals surface area contributed by atoms with Gasteiger partial charge in [-0.15, -0.1) is 0 Å². The van der Waals surface area contributed by atoms with Crippen molar-refractivity contribution in [3.05, 3.63) is 302 Å². The molecule has 2 saturated heterocycles. The molecule has 0 radical (unpaired) electrons. The van der Waals surface area contributed by atoms with Gasteiger partial charge in [0.05, 0.1) is 33.0 Å². The number of nitrogens with one attached hydrogen (secondary N) is 4. The molecule has 6 heterocycles. The Balaban J connectivity index is 0.793. The van der Waals surface area contributed by atoms with Crippen molar-refractivity contribution < 1.29 is 88.6 Å². The Labute approximate surface area is 756 Å². The van der Waals surface area contributed by atoms with Crippen LogP contribution in [0, 0.1) is 6.92 Å². The van der Waals surface area contributed by atoms with Crippen LogP contribution in [0.3, 0.4) is 0 Å². The van der Waals surface area contributed by atoms with Gasteiger partial charge in [0, 0.05) is 0 Å². The first kappa shape index (κ1) is 95.3. The topological polar surface area (TPSA) is 380 Å². The average Bonchev–Trinajstić information content (AvgIpc) is 1.39. The molecule has 31 nitrogen and oxygen atoms in total. The lowest BCUT2D eigenvalue weighted by molar-refractivity contribution is -0.118. The van der Waals surface area contributed by atoms with E-state index in [0.29, 0.717) is 50.6 Å². The fourth-order valence-electron chi connectivity index (χ4n) is 15.3. The first-order chi connectivity index (χ1) is 61.8. The zero-order valence-electron chi connectivity index (χ0n) is 75.5. The number of imidazole rings is 2. The molecule has 686 valence electrons. The Morgan fingerprint density at radius 3 is 1.12 bits per heavy atom. The van der Waals surface area contributed by atoms with E-state index >= 15 is 0 Å².